The van der Waals surface area contributed by atoms with Gasteiger partial charge in [-0.25, -0.2) is 4.98 Å². The number of rotatable bonds is 10. The molecule has 40 heavy (non-hydrogen) atoms. The zero-order valence-corrected chi connectivity index (χ0v) is 24.9. The molecule has 0 saturated carbocycles. The Hall–Kier alpha value is -3.34. The Balaban J connectivity index is 1.47. The molecule has 1 aliphatic rings. The number of carbonyl (C=O) groups is 1. The second kappa shape index (κ2) is 12.4. The molecule has 2 aromatic carbocycles. The molecular formula is C30H34N4O4S2. The fourth-order valence-corrected chi connectivity index (χ4v) is 6.89. The summed E-state index contributed by atoms with van der Waals surface area (Å²) in [4.78, 5) is 36.3. The second-order valence-electron chi connectivity index (χ2n) is 9.75. The van der Waals surface area contributed by atoms with E-state index in [1.807, 2.05) is 62.4 Å². The molecule has 0 unspecified atom stereocenters. The van der Waals surface area contributed by atoms with Gasteiger partial charge in [0, 0.05) is 29.7 Å². The number of hydrogen-bond acceptors (Lipinski definition) is 8. The average molecular weight is 579 g/mol. The number of nitrogens with zero attached hydrogens (tertiary/aromatic N) is 3. The minimum absolute atomic E-state index is 0.0981. The number of thioether (sulfide) groups is 1. The lowest BCUT2D eigenvalue weighted by Gasteiger charge is -2.30. The van der Waals surface area contributed by atoms with Crippen LogP contribution in [0.15, 0.2) is 58.5 Å². The van der Waals surface area contributed by atoms with E-state index in [1.54, 1.807) is 15.9 Å². The van der Waals surface area contributed by atoms with Gasteiger partial charge >= 0.3 is 0 Å². The largest absolute Gasteiger partial charge is 0.494 e. The third-order valence-corrected chi connectivity index (χ3v) is 8.84. The van der Waals surface area contributed by atoms with Gasteiger partial charge < -0.3 is 14.8 Å². The molecule has 210 valence electrons. The molecule has 2 aromatic heterocycles. The van der Waals surface area contributed by atoms with Gasteiger partial charge in [-0.2, -0.15) is 0 Å². The number of amides is 1. The summed E-state index contributed by atoms with van der Waals surface area (Å²) in [5.74, 6) is 1.41. The van der Waals surface area contributed by atoms with Crippen LogP contribution in [0.25, 0.3) is 15.9 Å². The zero-order chi connectivity index (χ0) is 28.2. The molecule has 0 bridgehead atoms. The van der Waals surface area contributed by atoms with Crippen LogP contribution in [0.3, 0.4) is 0 Å². The maximum absolute atomic E-state index is 14.1. The first-order valence-corrected chi connectivity index (χ1v) is 15.4. The Morgan fingerprint density at radius 2 is 1.70 bits per heavy atom. The third kappa shape index (κ3) is 6.04. The highest BCUT2D eigenvalue weighted by Crippen LogP contribution is 2.35. The number of hydrogen-bond donors (Lipinski definition) is 1. The second-order valence-corrected chi connectivity index (χ2v) is 11.8. The number of carbonyl (C=O) groups excluding carboxylic acids is 1. The molecule has 5 rings (SSSR count). The van der Waals surface area contributed by atoms with Gasteiger partial charge in [-0.15, -0.1) is 11.3 Å². The predicted octanol–water partition coefficient (Wildman–Crippen LogP) is 5.74. The molecule has 0 radical (unpaired) electrons. The van der Waals surface area contributed by atoms with Crippen LogP contribution in [0, 0.1) is 0 Å². The molecule has 3 heterocycles. The summed E-state index contributed by atoms with van der Waals surface area (Å²) in [5, 5.41) is 4.10. The average Bonchev–Trinajstić information content (AvgIpc) is 3.32. The number of aromatic nitrogens is 2. The first kappa shape index (κ1) is 28.2. The third-order valence-electron chi connectivity index (χ3n) is 6.79. The SMILES string of the molecule is CCOc1ccc(NC(=O)CSc2nc3sc4c(c3c(=O)n2-c2ccc(OCC)cc2)CCN(C(C)C)C4)cc1. The Morgan fingerprint density at radius 3 is 2.33 bits per heavy atom. The quantitative estimate of drug-likeness (QED) is 0.190. The minimum Gasteiger partial charge on any atom is -0.494 e. The highest BCUT2D eigenvalue weighted by Gasteiger charge is 2.27. The summed E-state index contributed by atoms with van der Waals surface area (Å²) >= 11 is 2.85. The maximum atomic E-state index is 14.1. The first-order valence-electron chi connectivity index (χ1n) is 13.6. The van der Waals surface area contributed by atoms with Gasteiger partial charge in [-0.1, -0.05) is 11.8 Å². The fraction of sp³-hybridized carbons (Fsp3) is 0.367. The molecular weight excluding hydrogens is 544 g/mol. The van der Waals surface area contributed by atoms with Crippen molar-refractivity contribution in [3.05, 3.63) is 69.3 Å². The van der Waals surface area contributed by atoms with Gasteiger partial charge in [0.2, 0.25) is 5.91 Å². The van der Waals surface area contributed by atoms with Crippen LogP contribution in [0.4, 0.5) is 5.69 Å². The Morgan fingerprint density at radius 1 is 1.05 bits per heavy atom. The summed E-state index contributed by atoms with van der Waals surface area (Å²) < 4.78 is 12.7. The maximum Gasteiger partial charge on any atom is 0.267 e. The predicted molar refractivity (Wildman–Crippen MR) is 163 cm³/mol. The molecule has 4 aromatic rings. The van der Waals surface area contributed by atoms with Crippen molar-refractivity contribution in [3.63, 3.8) is 0 Å². The molecule has 1 N–H and O–H groups in total. The summed E-state index contributed by atoms with van der Waals surface area (Å²) in [6, 6.07) is 15.1. The fourth-order valence-electron chi connectivity index (χ4n) is 4.80. The molecule has 0 atom stereocenters. The number of nitrogens with one attached hydrogen (secondary N) is 1. The van der Waals surface area contributed by atoms with Crippen molar-refractivity contribution in [2.24, 2.45) is 0 Å². The van der Waals surface area contributed by atoms with Crippen LogP contribution in [0.2, 0.25) is 0 Å². The normalized spacial score (nSPS) is 13.4. The van der Waals surface area contributed by atoms with Crippen LogP contribution in [0.1, 0.15) is 38.1 Å². The molecule has 0 aliphatic carbocycles. The lowest BCUT2D eigenvalue weighted by atomic mass is 10.0. The van der Waals surface area contributed by atoms with E-state index < -0.39 is 0 Å². The summed E-state index contributed by atoms with van der Waals surface area (Å²) in [7, 11) is 0. The van der Waals surface area contributed by atoms with Crippen LogP contribution >= 0.6 is 23.1 Å². The van der Waals surface area contributed by atoms with E-state index in [0.717, 1.165) is 41.4 Å². The standard InChI is InChI=1S/C30H34N4O4S2/c1-5-37-22-11-7-20(8-12-22)31-26(35)18-39-30-32-28-27(24-15-16-33(19(3)4)17-25(24)40-28)29(36)34(30)21-9-13-23(14-10-21)38-6-2/h7-14,19H,5-6,15-18H2,1-4H3,(H,31,35). The van der Waals surface area contributed by atoms with E-state index in [1.165, 1.54) is 16.6 Å². The molecule has 0 saturated heterocycles. The number of fused-ring (bicyclic) bond motifs is 3. The molecule has 1 amide bonds. The number of anilines is 1. The van der Waals surface area contributed by atoms with Crippen LogP contribution in [0.5, 0.6) is 11.5 Å². The lowest BCUT2D eigenvalue weighted by molar-refractivity contribution is -0.113. The van der Waals surface area contributed by atoms with Gasteiger partial charge in [0.25, 0.3) is 5.56 Å². The van der Waals surface area contributed by atoms with Crippen molar-refractivity contribution in [1.29, 1.82) is 0 Å². The van der Waals surface area contributed by atoms with Gasteiger partial charge in [0.05, 0.1) is 30.0 Å². The van der Waals surface area contributed by atoms with Crippen molar-refractivity contribution in [2.45, 2.75) is 51.9 Å². The van der Waals surface area contributed by atoms with E-state index in [2.05, 4.69) is 24.1 Å². The van der Waals surface area contributed by atoms with Crippen molar-refractivity contribution in [3.8, 4) is 17.2 Å². The highest BCUT2D eigenvalue weighted by molar-refractivity contribution is 7.99. The minimum atomic E-state index is -0.181. The Labute approximate surface area is 242 Å². The van der Waals surface area contributed by atoms with Gasteiger partial charge in [0.15, 0.2) is 5.16 Å². The lowest BCUT2D eigenvalue weighted by Crippen LogP contribution is -2.35. The summed E-state index contributed by atoms with van der Waals surface area (Å²) in [5.41, 5.74) is 2.39. The monoisotopic (exact) mass is 578 g/mol. The molecule has 0 fully saturated rings. The molecule has 8 nitrogen and oxygen atoms in total. The van der Waals surface area contributed by atoms with E-state index in [0.29, 0.717) is 41.2 Å². The number of ether oxygens (including phenoxy) is 2. The number of benzene rings is 2. The summed E-state index contributed by atoms with van der Waals surface area (Å²) in [6.07, 6.45) is 0.824. The van der Waals surface area contributed by atoms with E-state index in [9.17, 15) is 9.59 Å². The number of thiophene rings is 1. The van der Waals surface area contributed by atoms with E-state index in [4.69, 9.17) is 14.5 Å². The molecule has 10 heteroatoms. The van der Waals surface area contributed by atoms with Crippen LogP contribution < -0.4 is 20.3 Å². The van der Waals surface area contributed by atoms with Crippen LogP contribution in [-0.4, -0.2) is 51.9 Å². The molecule has 1 aliphatic heterocycles. The highest BCUT2D eigenvalue weighted by atomic mass is 32.2. The van der Waals surface area contributed by atoms with Crippen molar-refractivity contribution < 1.29 is 14.3 Å². The van der Waals surface area contributed by atoms with Gasteiger partial charge in [0.1, 0.15) is 16.3 Å². The van der Waals surface area contributed by atoms with Crippen molar-refractivity contribution >= 4 is 44.9 Å². The Bertz CT molecular complexity index is 1550. The van der Waals surface area contributed by atoms with Crippen molar-refractivity contribution in [1.82, 2.24) is 14.5 Å². The zero-order valence-electron chi connectivity index (χ0n) is 23.2. The topological polar surface area (TPSA) is 85.7 Å². The van der Waals surface area contributed by atoms with Crippen molar-refractivity contribution in [2.75, 3.05) is 30.8 Å². The van der Waals surface area contributed by atoms with Gasteiger partial charge in [-0.3, -0.25) is 19.1 Å². The smallest absolute Gasteiger partial charge is 0.267 e. The summed E-state index contributed by atoms with van der Waals surface area (Å²) in [6.45, 7) is 11.1. The molecule has 0 spiro atoms. The van der Waals surface area contributed by atoms with E-state index >= 15 is 0 Å². The first-order chi connectivity index (χ1) is 19.4. The van der Waals surface area contributed by atoms with Crippen LogP contribution in [-0.2, 0) is 17.8 Å². The van der Waals surface area contributed by atoms with E-state index in [-0.39, 0.29) is 17.2 Å². The van der Waals surface area contributed by atoms with Gasteiger partial charge in [-0.05, 0) is 88.2 Å². The Kier molecular flexibility index (Phi) is 8.78.